The molecular weight excluding hydrogens is 304 g/mol. The minimum absolute atomic E-state index is 0.561. The van der Waals surface area contributed by atoms with Crippen LogP contribution in [0.15, 0.2) is 24.3 Å². The molecule has 0 spiro atoms. The van der Waals surface area contributed by atoms with Crippen LogP contribution in [-0.2, 0) is 11.2 Å². The lowest BCUT2D eigenvalue weighted by Crippen LogP contribution is -2.34. The zero-order chi connectivity index (χ0) is 17.5. The summed E-state index contributed by atoms with van der Waals surface area (Å²) in [6.07, 6.45) is 15.4. The summed E-state index contributed by atoms with van der Waals surface area (Å²) >= 11 is 0. The fraction of sp³-hybridized carbons (Fsp3) is 0.750. The monoisotopic (exact) mass is 342 g/mol. The van der Waals surface area contributed by atoms with E-state index in [0.717, 1.165) is 30.8 Å². The SMILES string of the molecule is CCCCCC1CCC(C2CCC(c3ccc(CC)cc3)CC2)OC1. The Kier molecular flexibility index (Phi) is 7.40. The number of hydrogen-bond acceptors (Lipinski definition) is 1. The summed E-state index contributed by atoms with van der Waals surface area (Å²) in [6, 6.07) is 9.40. The Labute approximate surface area is 155 Å². The molecule has 2 fully saturated rings. The second-order valence-corrected chi connectivity index (χ2v) is 8.52. The maximum absolute atomic E-state index is 6.33. The lowest BCUT2D eigenvalue weighted by atomic mass is 9.75. The fourth-order valence-electron chi connectivity index (χ4n) is 4.96. The first-order valence-electron chi connectivity index (χ1n) is 11.0. The van der Waals surface area contributed by atoms with Gasteiger partial charge in [0.05, 0.1) is 6.10 Å². The van der Waals surface area contributed by atoms with Crippen LogP contribution in [0.2, 0.25) is 0 Å². The van der Waals surface area contributed by atoms with Crippen molar-refractivity contribution >= 4 is 0 Å². The Morgan fingerprint density at radius 3 is 2.24 bits per heavy atom. The van der Waals surface area contributed by atoms with Crippen molar-refractivity contribution in [3.8, 4) is 0 Å². The van der Waals surface area contributed by atoms with Crippen LogP contribution < -0.4 is 0 Å². The maximum Gasteiger partial charge on any atom is 0.0603 e. The topological polar surface area (TPSA) is 9.23 Å². The van der Waals surface area contributed by atoms with Crippen LogP contribution in [0.4, 0.5) is 0 Å². The van der Waals surface area contributed by atoms with Gasteiger partial charge in [-0.2, -0.15) is 0 Å². The molecule has 1 nitrogen and oxygen atoms in total. The zero-order valence-corrected chi connectivity index (χ0v) is 16.5. The molecule has 2 atom stereocenters. The van der Waals surface area contributed by atoms with Crippen molar-refractivity contribution in [1.29, 1.82) is 0 Å². The lowest BCUT2D eigenvalue weighted by Gasteiger charge is -2.38. The van der Waals surface area contributed by atoms with E-state index in [2.05, 4.69) is 38.1 Å². The van der Waals surface area contributed by atoms with Gasteiger partial charge in [-0.25, -0.2) is 0 Å². The van der Waals surface area contributed by atoms with E-state index in [-0.39, 0.29) is 0 Å². The first-order chi connectivity index (χ1) is 12.3. The van der Waals surface area contributed by atoms with Crippen molar-refractivity contribution in [3.05, 3.63) is 35.4 Å². The van der Waals surface area contributed by atoms with Gasteiger partial charge in [-0.15, -0.1) is 0 Å². The minimum atomic E-state index is 0.561. The van der Waals surface area contributed by atoms with Crippen LogP contribution in [0, 0.1) is 11.8 Å². The molecule has 1 heteroatoms. The molecule has 1 aromatic carbocycles. The van der Waals surface area contributed by atoms with Crippen molar-refractivity contribution in [2.45, 2.75) is 96.5 Å². The van der Waals surface area contributed by atoms with Gasteiger partial charge in [-0.3, -0.25) is 0 Å². The number of hydrogen-bond donors (Lipinski definition) is 0. The van der Waals surface area contributed by atoms with Gasteiger partial charge in [-0.05, 0) is 80.2 Å². The van der Waals surface area contributed by atoms with E-state index in [0.29, 0.717) is 6.10 Å². The molecule has 1 aliphatic carbocycles. The lowest BCUT2D eigenvalue weighted by molar-refractivity contribution is -0.0578. The van der Waals surface area contributed by atoms with Crippen LogP contribution in [0.3, 0.4) is 0 Å². The molecular formula is C24H38O. The highest BCUT2D eigenvalue weighted by Gasteiger charge is 2.31. The number of unbranched alkanes of at least 4 members (excludes halogenated alkanes) is 2. The van der Waals surface area contributed by atoms with Crippen molar-refractivity contribution in [2.75, 3.05) is 6.61 Å². The average molecular weight is 343 g/mol. The highest BCUT2D eigenvalue weighted by molar-refractivity contribution is 5.25. The van der Waals surface area contributed by atoms with Crippen molar-refractivity contribution < 1.29 is 4.74 Å². The van der Waals surface area contributed by atoms with E-state index in [1.54, 1.807) is 5.56 Å². The van der Waals surface area contributed by atoms with E-state index < -0.39 is 0 Å². The molecule has 1 aromatic rings. The summed E-state index contributed by atoms with van der Waals surface area (Å²) in [7, 11) is 0. The molecule has 140 valence electrons. The molecule has 0 N–H and O–H groups in total. The first kappa shape index (κ1) is 19.0. The Morgan fingerprint density at radius 1 is 0.880 bits per heavy atom. The molecule has 0 radical (unpaired) electrons. The number of ether oxygens (including phenoxy) is 1. The van der Waals surface area contributed by atoms with Crippen molar-refractivity contribution in [1.82, 2.24) is 0 Å². The second kappa shape index (κ2) is 9.76. The Bertz CT molecular complexity index is 475. The quantitative estimate of drug-likeness (QED) is 0.490. The molecule has 25 heavy (non-hydrogen) atoms. The molecule has 1 saturated heterocycles. The first-order valence-corrected chi connectivity index (χ1v) is 11.0. The zero-order valence-electron chi connectivity index (χ0n) is 16.5. The Hall–Kier alpha value is -0.820. The van der Waals surface area contributed by atoms with Crippen LogP contribution in [0.1, 0.15) is 95.1 Å². The predicted octanol–water partition coefficient (Wildman–Crippen LogP) is 6.90. The van der Waals surface area contributed by atoms with Gasteiger partial charge in [0.15, 0.2) is 0 Å². The molecule has 1 aliphatic heterocycles. The summed E-state index contributed by atoms with van der Waals surface area (Å²) < 4.78 is 6.33. The van der Waals surface area contributed by atoms with E-state index in [1.807, 2.05) is 0 Å². The summed E-state index contributed by atoms with van der Waals surface area (Å²) in [6.45, 7) is 5.56. The third-order valence-electron chi connectivity index (χ3n) is 6.78. The Balaban J connectivity index is 1.40. The van der Waals surface area contributed by atoms with Gasteiger partial charge >= 0.3 is 0 Å². The minimum Gasteiger partial charge on any atom is -0.378 e. The largest absolute Gasteiger partial charge is 0.378 e. The van der Waals surface area contributed by atoms with Crippen LogP contribution in [-0.4, -0.2) is 12.7 Å². The highest BCUT2D eigenvalue weighted by Crippen LogP contribution is 2.40. The summed E-state index contributed by atoms with van der Waals surface area (Å²) in [4.78, 5) is 0. The van der Waals surface area contributed by atoms with Crippen LogP contribution >= 0.6 is 0 Å². The fourth-order valence-corrected chi connectivity index (χ4v) is 4.96. The van der Waals surface area contributed by atoms with E-state index >= 15 is 0 Å². The molecule has 0 bridgehead atoms. The molecule has 1 heterocycles. The molecule has 2 aliphatic rings. The summed E-state index contributed by atoms with van der Waals surface area (Å²) in [5, 5.41) is 0. The third-order valence-corrected chi connectivity index (χ3v) is 6.78. The highest BCUT2D eigenvalue weighted by atomic mass is 16.5. The standard InChI is InChI=1S/C24H38O/c1-3-5-6-7-20-10-17-24(25-18-20)23-15-13-22(14-16-23)21-11-8-19(4-2)9-12-21/h8-9,11-12,20,22-24H,3-7,10,13-18H2,1-2H3. The van der Waals surface area contributed by atoms with Crippen LogP contribution in [0.25, 0.3) is 0 Å². The van der Waals surface area contributed by atoms with Crippen molar-refractivity contribution in [3.63, 3.8) is 0 Å². The number of aryl methyl sites for hydroxylation is 1. The van der Waals surface area contributed by atoms with Gasteiger partial charge in [0.2, 0.25) is 0 Å². The maximum atomic E-state index is 6.33. The van der Waals surface area contributed by atoms with Gasteiger partial charge in [0.1, 0.15) is 0 Å². The summed E-state index contributed by atoms with van der Waals surface area (Å²) in [5.74, 6) is 2.45. The molecule has 0 amide bonds. The van der Waals surface area contributed by atoms with E-state index in [1.165, 1.54) is 69.8 Å². The normalized spacial score (nSPS) is 30.3. The average Bonchev–Trinajstić information content (AvgIpc) is 2.69. The molecule has 0 aromatic heterocycles. The van der Waals surface area contributed by atoms with Gasteiger partial charge in [0.25, 0.3) is 0 Å². The summed E-state index contributed by atoms with van der Waals surface area (Å²) in [5.41, 5.74) is 3.03. The molecule has 1 saturated carbocycles. The number of rotatable bonds is 7. The Morgan fingerprint density at radius 2 is 1.64 bits per heavy atom. The van der Waals surface area contributed by atoms with Gasteiger partial charge in [0, 0.05) is 6.61 Å². The predicted molar refractivity (Wildman–Crippen MR) is 107 cm³/mol. The van der Waals surface area contributed by atoms with Gasteiger partial charge in [-0.1, -0.05) is 57.4 Å². The third kappa shape index (κ3) is 5.33. The van der Waals surface area contributed by atoms with Crippen molar-refractivity contribution in [2.24, 2.45) is 11.8 Å². The van der Waals surface area contributed by atoms with Gasteiger partial charge < -0.3 is 4.74 Å². The van der Waals surface area contributed by atoms with E-state index in [9.17, 15) is 0 Å². The van der Waals surface area contributed by atoms with Crippen LogP contribution in [0.5, 0.6) is 0 Å². The second-order valence-electron chi connectivity index (χ2n) is 8.52. The number of benzene rings is 1. The van der Waals surface area contributed by atoms with E-state index in [4.69, 9.17) is 4.74 Å². The molecule has 2 unspecified atom stereocenters. The smallest absolute Gasteiger partial charge is 0.0603 e. The molecule has 3 rings (SSSR count).